The van der Waals surface area contributed by atoms with Crippen LogP contribution in [0, 0.1) is 11.3 Å². The molecule has 0 saturated heterocycles. The number of pyridine rings is 1. The number of nitrogens with one attached hydrogen (secondary N) is 1. The van der Waals surface area contributed by atoms with Crippen LogP contribution in [0.4, 0.5) is 0 Å². The zero-order valence-corrected chi connectivity index (χ0v) is 13.4. The Morgan fingerprint density at radius 3 is 2.90 bits per heavy atom. The Morgan fingerprint density at radius 1 is 1.45 bits per heavy atom. The number of aromatic nitrogens is 1. The normalized spacial score (nSPS) is 25.9. The van der Waals surface area contributed by atoms with E-state index in [4.69, 9.17) is 0 Å². The molecule has 1 N–H and O–H groups in total. The van der Waals surface area contributed by atoms with Crippen molar-refractivity contribution in [2.75, 3.05) is 20.6 Å². The van der Waals surface area contributed by atoms with Gasteiger partial charge in [-0.25, -0.2) is 0 Å². The van der Waals surface area contributed by atoms with Gasteiger partial charge in [0.15, 0.2) is 0 Å². The maximum Gasteiger partial charge on any atom is 0.0312 e. The number of hydrogen-bond donors (Lipinski definition) is 1. The molecule has 3 nitrogen and oxygen atoms in total. The predicted molar refractivity (Wildman–Crippen MR) is 84.5 cm³/mol. The van der Waals surface area contributed by atoms with Crippen molar-refractivity contribution in [1.29, 1.82) is 0 Å². The van der Waals surface area contributed by atoms with Crippen LogP contribution >= 0.6 is 0 Å². The molecule has 1 heterocycles. The summed E-state index contributed by atoms with van der Waals surface area (Å²) < 4.78 is 0. The van der Waals surface area contributed by atoms with E-state index in [0.29, 0.717) is 11.5 Å². The standard InChI is InChI=1S/C17H29N3/c1-17(2)9-5-8-15(16(17)18-3)13-20(4)12-14-7-6-10-19-11-14/h6-7,10-11,15-16,18H,5,8-9,12-13H2,1-4H3. The van der Waals surface area contributed by atoms with Crippen LogP contribution < -0.4 is 5.32 Å². The van der Waals surface area contributed by atoms with Crippen LogP contribution in [0.1, 0.15) is 38.7 Å². The second-order valence-corrected chi connectivity index (χ2v) is 6.97. The third-order valence-corrected chi connectivity index (χ3v) is 4.74. The predicted octanol–water partition coefficient (Wildman–Crippen LogP) is 2.93. The quantitative estimate of drug-likeness (QED) is 0.895. The van der Waals surface area contributed by atoms with Gasteiger partial charge in [0.25, 0.3) is 0 Å². The van der Waals surface area contributed by atoms with Gasteiger partial charge in [0, 0.05) is 31.5 Å². The lowest BCUT2D eigenvalue weighted by Crippen LogP contribution is -2.51. The van der Waals surface area contributed by atoms with Crippen molar-refractivity contribution < 1.29 is 0 Å². The van der Waals surface area contributed by atoms with E-state index in [0.717, 1.165) is 19.0 Å². The van der Waals surface area contributed by atoms with Crippen LogP contribution in [0.3, 0.4) is 0 Å². The molecule has 0 aromatic carbocycles. The SMILES string of the molecule is CNC1C(CN(C)Cc2cccnc2)CCCC1(C)C. The van der Waals surface area contributed by atoms with Gasteiger partial charge in [0.05, 0.1) is 0 Å². The summed E-state index contributed by atoms with van der Waals surface area (Å²) in [6, 6.07) is 4.79. The average molecular weight is 275 g/mol. The second kappa shape index (κ2) is 6.68. The van der Waals surface area contributed by atoms with Crippen LogP contribution in [0.15, 0.2) is 24.5 Å². The van der Waals surface area contributed by atoms with E-state index in [2.05, 4.69) is 49.2 Å². The van der Waals surface area contributed by atoms with Gasteiger partial charge in [-0.15, -0.1) is 0 Å². The van der Waals surface area contributed by atoms with Gasteiger partial charge >= 0.3 is 0 Å². The third kappa shape index (κ3) is 3.80. The van der Waals surface area contributed by atoms with Gasteiger partial charge in [-0.1, -0.05) is 26.3 Å². The molecule has 1 aromatic heterocycles. The van der Waals surface area contributed by atoms with E-state index in [1.54, 1.807) is 0 Å². The molecule has 1 aliphatic carbocycles. The number of hydrogen-bond acceptors (Lipinski definition) is 3. The van der Waals surface area contributed by atoms with E-state index >= 15 is 0 Å². The Balaban J connectivity index is 1.94. The topological polar surface area (TPSA) is 28.2 Å². The number of rotatable bonds is 5. The fourth-order valence-electron chi connectivity index (χ4n) is 3.87. The molecule has 112 valence electrons. The highest BCUT2D eigenvalue weighted by atomic mass is 15.1. The zero-order chi connectivity index (χ0) is 14.6. The highest BCUT2D eigenvalue weighted by Gasteiger charge is 2.38. The maximum absolute atomic E-state index is 4.20. The van der Waals surface area contributed by atoms with Crippen molar-refractivity contribution >= 4 is 0 Å². The minimum atomic E-state index is 0.410. The Kier molecular flexibility index (Phi) is 5.17. The molecule has 1 fully saturated rings. The summed E-state index contributed by atoms with van der Waals surface area (Å²) >= 11 is 0. The lowest BCUT2D eigenvalue weighted by atomic mass is 9.68. The smallest absolute Gasteiger partial charge is 0.0312 e. The van der Waals surface area contributed by atoms with E-state index in [-0.39, 0.29) is 0 Å². The molecule has 3 heteroatoms. The van der Waals surface area contributed by atoms with Gasteiger partial charge < -0.3 is 10.2 Å². The Bertz CT molecular complexity index is 402. The summed E-state index contributed by atoms with van der Waals surface area (Å²) in [5.41, 5.74) is 1.71. The van der Waals surface area contributed by atoms with Crippen LogP contribution in [0.5, 0.6) is 0 Å². The average Bonchev–Trinajstić information content (AvgIpc) is 2.39. The minimum absolute atomic E-state index is 0.410. The Labute approximate surface area is 123 Å². The lowest BCUT2D eigenvalue weighted by molar-refractivity contribution is 0.0888. The largest absolute Gasteiger partial charge is 0.316 e. The lowest BCUT2D eigenvalue weighted by Gasteiger charge is -2.45. The summed E-state index contributed by atoms with van der Waals surface area (Å²) in [5, 5.41) is 3.57. The molecular formula is C17H29N3. The van der Waals surface area contributed by atoms with E-state index < -0.39 is 0 Å². The van der Waals surface area contributed by atoms with Crippen molar-refractivity contribution in [1.82, 2.24) is 15.2 Å². The fourth-order valence-corrected chi connectivity index (χ4v) is 3.87. The molecule has 0 aliphatic heterocycles. The Morgan fingerprint density at radius 2 is 2.25 bits per heavy atom. The third-order valence-electron chi connectivity index (χ3n) is 4.74. The molecule has 0 spiro atoms. The van der Waals surface area contributed by atoms with Crippen molar-refractivity contribution in [3.8, 4) is 0 Å². The molecule has 2 atom stereocenters. The van der Waals surface area contributed by atoms with Crippen LogP contribution in [0.2, 0.25) is 0 Å². The molecule has 1 aliphatic rings. The van der Waals surface area contributed by atoms with Gasteiger partial charge in [0.2, 0.25) is 0 Å². The zero-order valence-electron chi connectivity index (χ0n) is 13.4. The first-order chi connectivity index (χ1) is 9.53. The summed E-state index contributed by atoms with van der Waals surface area (Å²) in [5.74, 6) is 0.741. The van der Waals surface area contributed by atoms with E-state index in [1.165, 1.54) is 24.8 Å². The number of nitrogens with zero attached hydrogens (tertiary/aromatic N) is 2. The van der Waals surface area contributed by atoms with Gasteiger partial charge in [0.1, 0.15) is 0 Å². The first-order valence-electron chi connectivity index (χ1n) is 7.77. The molecule has 20 heavy (non-hydrogen) atoms. The first kappa shape index (κ1) is 15.5. The Hall–Kier alpha value is -0.930. The summed E-state index contributed by atoms with van der Waals surface area (Å²) in [6.07, 6.45) is 7.84. The van der Waals surface area contributed by atoms with Gasteiger partial charge in [-0.3, -0.25) is 4.98 Å². The highest BCUT2D eigenvalue weighted by molar-refractivity contribution is 5.08. The molecule has 2 unspecified atom stereocenters. The van der Waals surface area contributed by atoms with Gasteiger partial charge in [-0.2, -0.15) is 0 Å². The molecule has 1 saturated carbocycles. The van der Waals surface area contributed by atoms with Gasteiger partial charge in [-0.05, 0) is 49.9 Å². The van der Waals surface area contributed by atoms with Crippen molar-refractivity contribution in [2.24, 2.45) is 11.3 Å². The molecule has 2 rings (SSSR count). The van der Waals surface area contributed by atoms with Crippen LogP contribution in [0.25, 0.3) is 0 Å². The van der Waals surface area contributed by atoms with Crippen LogP contribution in [-0.2, 0) is 6.54 Å². The first-order valence-corrected chi connectivity index (χ1v) is 7.77. The van der Waals surface area contributed by atoms with Crippen LogP contribution in [-0.4, -0.2) is 36.6 Å². The van der Waals surface area contributed by atoms with Crippen molar-refractivity contribution in [2.45, 2.75) is 45.7 Å². The van der Waals surface area contributed by atoms with E-state index in [9.17, 15) is 0 Å². The molecule has 1 aromatic rings. The highest BCUT2D eigenvalue weighted by Crippen LogP contribution is 2.39. The summed E-state index contributed by atoms with van der Waals surface area (Å²) in [7, 11) is 4.34. The fraction of sp³-hybridized carbons (Fsp3) is 0.706. The minimum Gasteiger partial charge on any atom is -0.316 e. The molecule has 0 bridgehead atoms. The monoisotopic (exact) mass is 275 g/mol. The van der Waals surface area contributed by atoms with Crippen molar-refractivity contribution in [3.63, 3.8) is 0 Å². The molecule has 0 radical (unpaired) electrons. The van der Waals surface area contributed by atoms with Crippen molar-refractivity contribution in [3.05, 3.63) is 30.1 Å². The maximum atomic E-state index is 4.20. The summed E-state index contributed by atoms with van der Waals surface area (Å²) in [6.45, 7) is 6.95. The molecular weight excluding hydrogens is 246 g/mol. The summed E-state index contributed by atoms with van der Waals surface area (Å²) in [4.78, 5) is 6.64. The second-order valence-electron chi connectivity index (χ2n) is 6.97. The molecule has 0 amide bonds. The van der Waals surface area contributed by atoms with E-state index in [1.807, 2.05) is 18.5 Å².